The van der Waals surface area contributed by atoms with Gasteiger partial charge in [-0.2, -0.15) is 4.39 Å². The lowest BCUT2D eigenvalue weighted by atomic mass is 10.2. The maximum atomic E-state index is 12.1. The summed E-state index contributed by atoms with van der Waals surface area (Å²) in [6.07, 6.45) is 1.80. The summed E-state index contributed by atoms with van der Waals surface area (Å²) in [4.78, 5) is 3.51. The molecule has 0 fully saturated rings. The van der Waals surface area contributed by atoms with E-state index in [2.05, 4.69) is 4.98 Å². The van der Waals surface area contributed by atoms with Gasteiger partial charge < -0.3 is 9.54 Å². The highest BCUT2D eigenvalue weighted by molar-refractivity contribution is 7.91. The van der Waals surface area contributed by atoms with Crippen LogP contribution in [0.4, 0.5) is 4.39 Å². The van der Waals surface area contributed by atoms with Crippen LogP contribution in [0, 0.1) is 0 Å². The van der Waals surface area contributed by atoms with Crippen molar-refractivity contribution in [3.63, 3.8) is 0 Å². The molecule has 13 heavy (non-hydrogen) atoms. The minimum absolute atomic E-state index is 0.525. The third-order valence-electron chi connectivity index (χ3n) is 1.89. The third kappa shape index (κ3) is 1.55. The van der Waals surface area contributed by atoms with Crippen LogP contribution in [0.3, 0.4) is 0 Å². The minimum atomic E-state index is -1.52. The molecule has 1 N–H and O–H groups in total. The van der Waals surface area contributed by atoms with Gasteiger partial charge in [-0.25, -0.2) is 0 Å². The molecule has 4 heteroatoms. The molecule has 0 aliphatic heterocycles. The third-order valence-corrected chi connectivity index (χ3v) is 2.87. The standard InChI is InChI=1S/C9H8FNOS/c10-6-13(12)8-2-1-7-3-4-11-9(7)5-8/h1-5,11H,6H2. The molecule has 2 rings (SSSR count). The Kier molecular flexibility index (Phi) is 2.24. The maximum Gasteiger partial charge on any atom is 0.248 e. The van der Waals surface area contributed by atoms with Gasteiger partial charge in [-0.15, -0.1) is 0 Å². The first-order valence-corrected chi connectivity index (χ1v) is 5.14. The second-order valence-corrected chi connectivity index (χ2v) is 4.06. The molecule has 0 amide bonds. The first kappa shape index (κ1) is 8.59. The van der Waals surface area contributed by atoms with Crippen molar-refractivity contribution in [2.24, 2.45) is 0 Å². The molecule has 0 radical (unpaired) electrons. The van der Waals surface area contributed by atoms with Crippen molar-refractivity contribution in [2.45, 2.75) is 4.90 Å². The normalized spacial score (nSPS) is 13.4. The van der Waals surface area contributed by atoms with Crippen LogP contribution in [0.1, 0.15) is 0 Å². The lowest BCUT2D eigenvalue weighted by molar-refractivity contribution is 0.534. The average Bonchev–Trinajstić information content (AvgIpc) is 2.63. The fourth-order valence-electron chi connectivity index (χ4n) is 1.23. The van der Waals surface area contributed by atoms with Gasteiger partial charge in [-0.3, -0.25) is 0 Å². The van der Waals surface area contributed by atoms with Gasteiger partial charge in [0.1, 0.15) is 0 Å². The van der Waals surface area contributed by atoms with E-state index in [4.69, 9.17) is 0 Å². The number of fused-ring (bicyclic) bond motifs is 1. The van der Waals surface area contributed by atoms with Gasteiger partial charge in [-0.05, 0) is 23.6 Å². The van der Waals surface area contributed by atoms with Crippen molar-refractivity contribution in [2.75, 3.05) is 6.01 Å². The highest BCUT2D eigenvalue weighted by Crippen LogP contribution is 2.18. The Bertz CT molecular complexity index is 415. The Balaban J connectivity index is 2.48. The van der Waals surface area contributed by atoms with Gasteiger partial charge >= 0.3 is 0 Å². The molecule has 1 heterocycles. The van der Waals surface area contributed by atoms with Crippen LogP contribution >= 0.6 is 0 Å². The molecule has 0 aliphatic carbocycles. The SMILES string of the molecule is [O-][S+](CF)c1ccc2cc[nH]c2c1. The van der Waals surface area contributed by atoms with Crippen LogP contribution in [-0.4, -0.2) is 15.5 Å². The number of aromatic amines is 1. The second kappa shape index (κ2) is 3.40. The topological polar surface area (TPSA) is 38.8 Å². The van der Waals surface area contributed by atoms with Crippen LogP contribution in [0.15, 0.2) is 35.4 Å². The predicted octanol–water partition coefficient (Wildman–Crippen LogP) is 2.20. The molecule has 0 aliphatic rings. The second-order valence-electron chi connectivity index (χ2n) is 2.68. The molecular weight excluding hydrogens is 189 g/mol. The van der Waals surface area contributed by atoms with Crippen molar-refractivity contribution < 1.29 is 8.94 Å². The summed E-state index contributed by atoms with van der Waals surface area (Å²) in [5.41, 5.74) is 0.888. The van der Waals surface area contributed by atoms with Crippen LogP contribution in [0.25, 0.3) is 10.9 Å². The van der Waals surface area contributed by atoms with E-state index in [0.29, 0.717) is 4.90 Å². The Morgan fingerprint density at radius 1 is 1.38 bits per heavy atom. The Labute approximate surface area is 77.9 Å². The van der Waals surface area contributed by atoms with Crippen molar-refractivity contribution >= 4 is 22.1 Å². The summed E-state index contributed by atoms with van der Waals surface area (Å²) in [6.45, 7) is 0. The van der Waals surface area contributed by atoms with E-state index in [1.165, 1.54) is 0 Å². The summed E-state index contributed by atoms with van der Waals surface area (Å²) in [7, 11) is 0. The number of nitrogens with one attached hydrogen (secondary N) is 1. The number of alkyl halides is 1. The predicted molar refractivity (Wildman–Crippen MR) is 50.7 cm³/mol. The number of benzene rings is 1. The Morgan fingerprint density at radius 3 is 3.00 bits per heavy atom. The van der Waals surface area contributed by atoms with Crippen molar-refractivity contribution in [1.82, 2.24) is 4.98 Å². The monoisotopic (exact) mass is 197 g/mol. The summed E-state index contributed by atoms with van der Waals surface area (Å²) in [5, 5.41) is 1.04. The maximum absolute atomic E-state index is 12.1. The summed E-state index contributed by atoms with van der Waals surface area (Å²) in [6, 6.07) is 6.31. The Hall–Kier alpha value is -1.00. The summed E-state index contributed by atoms with van der Waals surface area (Å²) >= 11 is -1.52. The summed E-state index contributed by atoms with van der Waals surface area (Å²) in [5.74, 6) is 0. The van der Waals surface area contributed by atoms with Gasteiger partial charge in [0, 0.05) is 23.4 Å². The average molecular weight is 197 g/mol. The smallest absolute Gasteiger partial charge is 0.248 e. The molecule has 0 saturated heterocycles. The molecule has 0 saturated carbocycles. The zero-order chi connectivity index (χ0) is 9.26. The quantitative estimate of drug-likeness (QED) is 0.736. The molecule has 1 unspecified atom stereocenters. The molecule has 2 aromatic rings. The van der Waals surface area contributed by atoms with E-state index in [1.807, 2.05) is 12.1 Å². The Morgan fingerprint density at radius 2 is 2.23 bits per heavy atom. The molecule has 1 atom stereocenters. The van der Waals surface area contributed by atoms with Crippen LogP contribution < -0.4 is 0 Å². The number of rotatable bonds is 2. The first-order chi connectivity index (χ1) is 6.31. The highest BCUT2D eigenvalue weighted by atomic mass is 32.2. The fraction of sp³-hybridized carbons (Fsp3) is 0.111. The van der Waals surface area contributed by atoms with Crippen LogP contribution in [-0.2, 0) is 11.2 Å². The number of aromatic nitrogens is 1. The zero-order valence-corrected chi connectivity index (χ0v) is 7.60. The van der Waals surface area contributed by atoms with Crippen LogP contribution in [0.2, 0.25) is 0 Å². The zero-order valence-electron chi connectivity index (χ0n) is 6.79. The van der Waals surface area contributed by atoms with E-state index >= 15 is 0 Å². The molecule has 1 aromatic carbocycles. The van der Waals surface area contributed by atoms with Crippen LogP contribution in [0.5, 0.6) is 0 Å². The van der Waals surface area contributed by atoms with Gasteiger partial charge in [0.15, 0.2) is 4.90 Å². The van der Waals surface area contributed by atoms with Crippen molar-refractivity contribution in [3.8, 4) is 0 Å². The van der Waals surface area contributed by atoms with E-state index in [1.54, 1.807) is 18.3 Å². The fourth-order valence-corrected chi connectivity index (χ4v) is 1.83. The van der Waals surface area contributed by atoms with Gasteiger partial charge in [0.2, 0.25) is 6.01 Å². The van der Waals surface area contributed by atoms with E-state index in [0.717, 1.165) is 10.9 Å². The first-order valence-electron chi connectivity index (χ1n) is 3.83. The molecular formula is C9H8FNOS. The van der Waals surface area contributed by atoms with Gasteiger partial charge in [0.25, 0.3) is 0 Å². The highest BCUT2D eigenvalue weighted by Gasteiger charge is 2.10. The summed E-state index contributed by atoms with van der Waals surface area (Å²) < 4.78 is 23.2. The largest absolute Gasteiger partial charge is 0.609 e. The van der Waals surface area contributed by atoms with E-state index in [9.17, 15) is 8.94 Å². The molecule has 0 bridgehead atoms. The minimum Gasteiger partial charge on any atom is -0.609 e. The molecule has 2 nitrogen and oxygen atoms in total. The lowest BCUT2D eigenvalue weighted by Gasteiger charge is -2.04. The number of hydrogen-bond donors (Lipinski definition) is 1. The lowest BCUT2D eigenvalue weighted by Crippen LogP contribution is -2.02. The number of H-pyrrole nitrogens is 1. The molecule has 68 valence electrons. The molecule has 1 aromatic heterocycles. The van der Waals surface area contributed by atoms with Crippen molar-refractivity contribution in [3.05, 3.63) is 30.5 Å². The number of halogens is 1. The van der Waals surface area contributed by atoms with E-state index < -0.39 is 17.2 Å². The van der Waals surface area contributed by atoms with Crippen molar-refractivity contribution in [1.29, 1.82) is 0 Å². The van der Waals surface area contributed by atoms with E-state index in [-0.39, 0.29) is 0 Å². The molecule has 0 spiro atoms. The van der Waals surface area contributed by atoms with Gasteiger partial charge in [0.05, 0.1) is 5.52 Å². The van der Waals surface area contributed by atoms with Gasteiger partial charge in [-0.1, -0.05) is 0 Å². The number of hydrogen-bond acceptors (Lipinski definition) is 1.